The van der Waals surface area contributed by atoms with E-state index in [9.17, 15) is 4.79 Å². The van der Waals surface area contributed by atoms with Gasteiger partial charge in [0.05, 0.1) is 6.54 Å². The van der Waals surface area contributed by atoms with Crippen molar-refractivity contribution in [2.24, 2.45) is 11.7 Å². The lowest BCUT2D eigenvalue weighted by Crippen LogP contribution is -2.37. The molecule has 1 aromatic heterocycles. The Kier molecular flexibility index (Phi) is 6.71. The van der Waals surface area contributed by atoms with E-state index in [0.717, 1.165) is 11.3 Å². The number of hydrogen-bond acceptors (Lipinski definition) is 3. The minimum Gasteiger partial charge on any atom is -0.330 e. The van der Waals surface area contributed by atoms with Gasteiger partial charge in [0.2, 0.25) is 5.91 Å². The first-order valence-corrected chi connectivity index (χ1v) is 7.24. The van der Waals surface area contributed by atoms with E-state index in [2.05, 4.69) is 5.38 Å². The van der Waals surface area contributed by atoms with Gasteiger partial charge in [-0.25, -0.2) is 0 Å². The van der Waals surface area contributed by atoms with Crippen molar-refractivity contribution in [2.45, 2.75) is 13.5 Å². The Morgan fingerprint density at radius 3 is 2.55 bits per heavy atom. The van der Waals surface area contributed by atoms with E-state index in [1.54, 1.807) is 16.2 Å². The number of carbonyl (C=O) groups is 1. The smallest absolute Gasteiger partial charge is 0.231 e. The maximum atomic E-state index is 12.5. The summed E-state index contributed by atoms with van der Waals surface area (Å²) < 4.78 is 0. The third-order valence-electron chi connectivity index (χ3n) is 3.03. The number of hydrogen-bond donors (Lipinski definition) is 1. The number of para-hydroxylation sites is 1. The second-order valence-electron chi connectivity index (χ2n) is 4.53. The maximum absolute atomic E-state index is 12.5. The van der Waals surface area contributed by atoms with Crippen LogP contribution in [0.2, 0.25) is 0 Å². The second-order valence-corrected chi connectivity index (χ2v) is 5.31. The van der Waals surface area contributed by atoms with Crippen LogP contribution in [0.25, 0.3) is 0 Å². The average molecular weight is 311 g/mol. The molecular weight excluding hydrogens is 292 g/mol. The Morgan fingerprint density at radius 1 is 1.30 bits per heavy atom. The van der Waals surface area contributed by atoms with Gasteiger partial charge < -0.3 is 10.6 Å². The van der Waals surface area contributed by atoms with Gasteiger partial charge >= 0.3 is 0 Å². The summed E-state index contributed by atoms with van der Waals surface area (Å²) in [5.41, 5.74) is 7.68. The van der Waals surface area contributed by atoms with Crippen molar-refractivity contribution in [3.05, 3.63) is 52.7 Å². The molecule has 0 bridgehead atoms. The number of carbonyl (C=O) groups excluding carboxylic acids is 1. The molecule has 2 aromatic rings. The fourth-order valence-corrected chi connectivity index (χ4v) is 2.50. The zero-order valence-electron chi connectivity index (χ0n) is 11.4. The number of anilines is 1. The molecule has 0 aliphatic carbocycles. The zero-order valence-corrected chi connectivity index (χ0v) is 13.0. The molecule has 0 aliphatic heterocycles. The van der Waals surface area contributed by atoms with Gasteiger partial charge in [0.1, 0.15) is 0 Å². The Morgan fingerprint density at radius 2 is 2.00 bits per heavy atom. The lowest BCUT2D eigenvalue weighted by atomic mass is 10.1. The van der Waals surface area contributed by atoms with Crippen molar-refractivity contribution >= 4 is 35.3 Å². The summed E-state index contributed by atoms with van der Waals surface area (Å²) in [6.07, 6.45) is 0. The van der Waals surface area contributed by atoms with Gasteiger partial charge in [-0.15, -0.1) is 12.4 Å². The van der Waals surface area contributed by atoms with Crippen LogP contribution in [0.1, 0.15) is 12.5 Å². The number of thiophene rings is 1. The molecule has 1 atom stereocenters. The van der Waals surface area contributed by atoms with Crippen LogP contribution in [-0.4, -0.2) is 12.5 Å². The first-order valence-electron chi connectivity index (χ1n) is 6.30. The molecule has 20 heavy (non-hydrogen) atoms. The summed E-state index contributed by atoms with van der Waals surface area (Å²) in [6.45, 7) is 2.83. The predicted octanol–water partition coefficient (Wildman–Crippen LogP) is 3.30. The van der Waals surface area contributed by atoms with E-state index < -0.39 is 0 Å². The number of benzene rings is 1. The Hall–Kier alpha value is -1.36. The van der Waals surface area contributed by atoms with Crippen molar-refractivity contribution in [3.63, 3.8) is 0 Å². The average Bonchev–Trinajstić information content (AvgIpc) is 2.97. The number of nitrogens with two attached hydrogens (primary N) is 1. The molecule has 5 heteroatoms. The third kappa shape index (κ3) is 4.07. The minimum atomic E-state index is -0.168. The van der Waals surface area contributed by atoms with E-state index >= 15 is 0 Å². The van der Waals surface area contributed by atoms with Crippen molar-refractivity contribution in [1.29, 1.82) is 0 Å². The molecule has 0 aliphatic rings. The molecule has 2 rings (SSSR count). The quantitative estimate of drug-likeness (QED) is 0.921. The summed E-state index contributed by atoms with van der Waals surface area (Å²) in [4.78, 5) is 14.3. The van der Waals surface area contributed by atoms with Gasteiger partial charge in [-0.05, 0) is 34.5 Å². The molecular formula is C15H19ClN2OS. The molecule has 1 aromatic carbocycles. The van der Waals surface area contributed by atoms with Gasteiger partial charge in [0, 0.05) is 18.2 Å². The van der Waals surface area contributed by atoms with Gasteiger partial charge in [-0.1, -0.05) is 25.1 Å². The van der Waals surface area contributed by atoms with Crippen LogP contribution < -0.4 is 10.6 Å². The lowest BCUT2D eigenvalue weighted by molar-refractivity contribution is -0.121. The molecule has 1 amide bonds. The van der Waals surface area contributed by atoms with Crippen molar-refractivity contribution in [3.8, 4) is 0 Å². The molecule has 3 nitrogen and oxygen atoms in total. The third-order valence-corrected chi connectivity index (χ3v) is 3.76. The number of nitrogens with zero attached hydrogens (tertiary/aromatic N) is 1. The summed E-state index contributed by atoms with van der Waals surface area (Å²) in [6, 6.07) is 11.8. The summed E-state index contributed by atoms with van der Waals surface area (Å²) in [5, 5.41) is 4.09. The first-order chi connectivity index (χ1) is 9.22. The normalized spacial score (nSPS) is 11.5. The fraction of sp³-hybridized carbons (Fsp3) is 0.267. The topological polar surface area (TPSA) is 46.3 Å². The van der Waals surface area contributed by atoms with Crippen LogP contribution >= 0.6 is 23.7 Å². The highest BCUT2D eigenvalue weighted by Crippen LogP contribution is 2.20. The van der Waals surface area contributed by atoms with Crippen LogP contribution in [0, 0.1) is 5.92 Å². The predicted molar refractivity (Wildman–Crippen MR) is 87.4 cm³/mol. The number of halogens is 1. The highest BCUT2D eigenvalue weighted by molar-refractivity contribution is 7.07. The molecule has 0 saturated carbocycles. The van der Waals surface area contributed by atoms with Crippen LogP contribution in [0.4, 0.5) is 5.69 Å². The first kappa shape index (κ1) is 16.7. The Bertz CT molecular complexity index is 516. The second kappa shape index (κ2) is 8.04. The highest BCUT2D eigenvalue weighted by Gasteiger charge is 2.21. The summed E-state index contributed by atoms with van der Waals surface area (Å²) in [7, 11) is 0. The molecule has 108 valence electrons. The van der Waals surface area contributed by atoms with Crippen molar-refractivity contribution in [1.82, 2.24) is 0 Å². The van der Waals surface area contributed by atoms with Crippen LogP contribution in [0.3, 0.4) is 0 Å². The number of rotatable bonds is 5. The van der Waals surface area contributed by atoms with Crippen molar-refractivity contribution in [2.75, 3.05) is 11.4 Å². The highest BCUT2D eigenvalue weighted by atomic mass is 35.5. The zero-order chi connectivity index (χ0) is 13.7. The van der Waals surface area contributed by atoms with E-state index in [1.807, 2.05) is 48.7 Å². The number of amides is 1. The molecule has 0 radical (unpaired) electrons. The SMILES string of the molecule is CC(CN)C(=O)N(Cc1ccsc1)c1ccccc1.Cl. The van der Waals surface area contributed by atoms with E-state index in [1.165, 1.54) is 0 Å². The van der Waals surface area contributed by atoms with Gasteiger partial charge in [-0.3, -0.25) is 4.79 Å². The van der Waals surface area contributed by atoms with E-state index in [0.29, 0.717) is 13.1 Å². The fourth-order valence-electron chi connectivity index (χ4n) is 1.84. The minimum absolute atomic E-state index is 0. The van der Waals surface area contributed by atoms with Crippen LogP contribution in [-0.2, 0) is 11.3 Å². The molecule has 1 unspecified atom stereocenters. The molecule has 0 saturated heterocycles. The lowest BCUT2D eigenvalue weighted by Gasteiger charge is -2.25. The van der Waals surface area contributed by atoms with Crippen LogP contribution in [0.5, 0.6) is 0 Å². The molecule has 0 spiro atoms. The molecule has 1 heterocycles. The van der Waals surface area contributed by atoms with E-state index in [4.69, 9.17) is 5.73 Å². The summed E-state index contributed by atoms with van der Waals surface area (Å²) >= 11 is 1.64. The maximum Gasteiger partial charge on any atom is 0.231 e. The van der Waals surface area contributed by atoms with Gasteiger partial charge in [0.15, 0.2) is 0 Å². The molecule has 2 N–H and O–H groups in total. The van der Waals surface area contributed by atoms with Crippen LogP contribution in [0.15, 0.2) is 47.2 Å². The standard InChI is InChI=1S/C15H18N2OS.ClH/c1-12(9-16)15(18)17(10-13-7-8-19-11-13)14-5-3-2-4-6-14;/h2-8,11-12H,9-10,16H2,1H3;1H. The van der Waals surface area contributed by atoms with Gasteiger partial charge in [0.25, 0.3) is 0 Å². The monoisotopic (exact) mass is 310 g/mol. The Balaban J connectivity index is 0.00000200. The van der Waals surface area contributed by atoms with E-state index in [-0.39, 0.29) is 24.2 Å². The molecule has 0 fully saturated rings. The Labute approximate surface area is 129 Å². The van der Waals surface area contributed by atoms with Gasteiger partial charge in [-0.2, -0.15) is 11.3 Å². The largest absolute Gasteiger partial charge is 0.330 e. The van der Waals surface area contributed by atoms with Crippen molar-refractivity contribution < 1.29 is 4.79 Å². The summed E-state index contributed by atoms with van der Waals surface area (Å²) in [5.74, 6) is -0.0984.